The largest absolute Gasteiger partial charge is 0.342 e. The Morgan fingerprint density at radius 2 is 2.21 bits per heavy atom. The molecule has 1 saturated heterocycles. The summed E-state index contributed by atoms with van der Waals surface area (Å²) in [4.78, 5) is 19.4. The van der Waals surface area contributed by atoms with E-state index in [0.717, 1.165) is 36.5 Å². The van der Waals surface area contributed by atoms with Gasteiger partial charge in [0.2, 0.25) is 5.91 Å². The number of aromatic nitrogens is 1. The molecule has 2 heterocycles. The molecule has 1 amide bonds. The Morgan fingerprint density at radius 1 is 1.38 bits per heavy atom. The Labute approximate surface area is 148 Å². The number of likely N-dealkylation sites (tertiary alicyclic amines) is 1. The minimum Gasteiger partial charge on any atom is -0.342 e. The van der Waals surface area contributed by atoms with Gasteiger partial charge in [0, 0.05) is 18.5 Å². The van der Waals surface area contributed by atoms with Crippen LogP contribution >= 0.6 is 11.8 Å². The van der Waals surface area contributed by atoms with Crippen molar-refractivity contribution in [3.63, 3.8) is 0 Å². The van der Waals surface area contributed by atoms with Gasteiger partial charge >= 0.3 is 0 Å². The molecule has 0 aliphatic carbocycles. The second-order valence-electron chi connectivity index (χ2n) is 6.88. The topological polar surface area (TPSA) is 33.2 Å². The molecule has 2 aromatic rings. The normalized spacial score (nSPS) is 18.1. The van der Waals surface area contributed by atoms with Gasteiger partial charge in [0.1, 0.15) is 5.03 Å². The first kappa shape index (κ1) is 17.3. The van der Waals surface area contributed by atoms with E-state index >= 15 is 0 Å². The average Bonchev–Trinajstić information content (AvgIpc) is 2.58. The number of hydrogen-bond acceptors (Lipinski definition) is 3. The highest BCUT2D eigenvalue weighted by Crippen LogP contribution is 2.27. The van der Waals surface area contributed by atoms with Crippen molar-refractivity contribution in [3.05, 3.63) is 35.4 Å². The molecule has 3 rings (SSSR count). The number of benzene rings is 1. The molecular weight excluding hydrogens is 316 g/mol. The second kappa shape index (κ2) is 7.56. The van der Waals surface area contributed by atoms with Gasteiger partial charge in [-0.1, -0.05) is 37.7 Å². The Balaban J connectivity index is 1.75. The quantitative estimate of drug-likeness (QED) is 0.769. The summed E-state index contributed by atoms with van der Waals surface area (Å²) in [5.41, 5.74) is 3.47. The van der Waals surface area contributed by atoms with Crippen LogP contribution in [-0.2, 0) is 11.2 Å². The highest BCUT2D eigenvalue weighted by molar-refractivity contribution is 7.99. The number of pyridine rings is 1. The third-order valence-electron chi connectivity index (χ3n) is 4.74. The summed E-state index contributed by atoms with van der Waals surface area (Å²) in [6, 6.07) is 8.59. The maximum absolute atomic E-state index is 12.5. The van der Waals surface area contributed by atoms with Crippen molar-refractivity contribution in [2.24, 2.45) is 5.92 Å². The number of nitrogens with zero attached hydrogens (tertiary/aromatic N) is 2. The maximum Gasteiger partial charge on any atom is 0.232 e. The highest BCUT2D eigenvalue weighted by atomic mass is 32.2. The Morgan fingerprint density at radius 3 is 2.96 bits per heavy atom. The zero-order valence-corrected chi connectivity index (χ0v) is 15.7. The van der Waals surface area contributed by atoms with Crippen molar-refractivity contribution in [2.75, 3.05) is 18.8 Å². The lowest BCUT2D eigenvalue weighted by molar-refractivity contribution is -0.130. The van der Waals surface area contributed by atoms with Crippen LogP contribution in [0.2, 0.25) is 0 Å². The summed E-state index contributed by atoms with van der Waals surface area (Å²) >= 11 is 1.59. The molecule has 0 bridgehead atoms. The fraction of sp³-hybridized carbons (Fsp3) is 0.500. The molecule has 128 valence electrons. The third-order valence-corrected chi connectivity index (χ3v) is 5.75. The number of fused-ring (bicyclic) bond motifs is 1. The number of hydrogen-bond donors (Lipinski definition) is 0. The molecule has 4 heteroatoms. The summed E-state index contributed by atoms with van der Waals surface area (Å²) in [7, 11) is 0. The number of amides is 1. The maximum atomic E-state index is 12.5. The fourth-order valence-corrected chi connectivity index (χ4v) is 4.31. The monoisotopic (exact) mass is 342 g/mol. The molecule has 1 fully saturated rings. The van der Waals surface area contributed by atoms with Gasteiger partial charge in [0.05, 0.1) is 11.3 Å². The van der Waals surface area contributed by atoms with Crippen LogP contribution in [0.25, 0.3) is 10.9 Å². The van der Waals surface area contributed by atoms with E-state index in [1.54, 1.807) is 11.8 Å². The number of carbonyl (C=O) groups is 1. The van der Waals surface area contributed by atoms with Gasteiger partial charge in [-0.3, -0.25) is 4.79 Å². The van der Waals surface area contributed by atoms with Crippen LogP contribution < -0.4 is 0 Å². The molecule has 3 nitrogen and oxygen atoms in total. The molecule has 0 N–H and O–H groups in total. The zero-order chi connectivity index (χ0) is 17.1. The summed E-state index contributed by atoms with van der Waals surface area (Å²) in [6.45, 7) is 8.28. The Hall–Kier alpha value is -1.55. The van der Waals surface area contributed by atoms with Gasteiger partial charge in [0.25, 0.3) is 0 Å². The van der Waals surface area contributed by atoms with Crippen LogP contribution in [0.15, 0.2) is 29.3 Å². The lowest BCUT2D eigenvalue weighted by Gasteiger charge is -2.30. The van der Waals surface area contributed by atoms with Gasteiger partial charge in [-0.15, -0.1) is 0 Å². The predicted octanol–water partition coefficient (Wildman–Crippen LogP) is 4.46. The van der Waals surface area contributed by atoms with E-state index < -0.39 is 0 Å². The lowest BCUT2D eigenvalue weighted by atomic mass is 10.0. The first-order valence-electron chi connectivity index (χ1n) is 8.87. The van der Waals surface area contributed by atoms with Gasteiger partial charge < -0.3 is 4.90 Å². The molecule has 1 aromatic heterocycles. The van der Waals surface area contributed by atoms with Crippen LogP contribution in [0.4, 0.5) is 0 Å². The van der Waals surface area contributed by atoms with Crippen molar-refractivity contribution in [1.29, 1.82) is 0 Å². The molecular formula is C20H26N2OS. The molecule has 0 saturated carbocycles. The van der Waals surface area contributed by atoms with Crippen LogP contribution in [0.5, 0.6) is 0 Å². The van der Waals surface area contributed by atoms with Gasteiger partial charge in [-0.05, 0) is 55.4 Å². The molecule has 24 heavy (non-hydrogen) atoms. The van der Waals surface area contributed by atoms with E-state index in [-0.39, 0.29) is 5.91 Å². The van der Waals surface area contributed by atoms with E-state index in [0.29, 0.717) is 11.7 Å². The minimum atomic E-state index is 0.250. The molecule has 1 aromatic carbocycles. The average molecular weight is 343 g/mol. The first-order chi connectivity index (χ1) is 11.6. The fourth-order valence-electron chi connectivity index (χ4n) is 3.32. The van der Waals surface area contributed by atoms with E-state index in [9.17, 15) is 4.79 Å². The highest BCUT2D eigenvalue weighted by Gasteiger charge is 2.21. The van der Waals surface area contributed by atoms with Crippen molar-refractivity contribution in [3.8, 4) is 0 Å². The molecule has 1 aliphatic rings. The number of aryl methyl sites for hydroxylation is 2. The van der Waals surface area contributed by atoms with Crippen molar-refractivity contribution in [2.45, 2.75) is 45.1 Å². The summed E-state index contributed by atoms with van der Waals surface area (Å²) < 4.78 is 0. The standard InChI is InChI=1S/C20H26N2OS/c1-4-16-11-17-8-7-14(2)10-18(17)21-20(16)24-13-19(23)22-9-5-6-15(3)12-22/h7-8,10-11,15H,4-6,9,12-13H2,1-3H3. The number of piperidine rings is 1. The second-order valence-corrected chi connectivity index (χ2v) is 7.84. The smallest absolute Gasteiger partial charge is 0.232 e. The van der Waals surface area contributed by atoms with Gasteiger partial charge in [-0.25, -0.2) is 4.98 Å². The van der Waals surface area contributed by atoms with Crippen molar-refractivity contribution in [1.82, 2.24) is 9.88 Å². The van der Waals surface area contributed by atoms with E-state index in [2.05, 4.69) is 45.0 Å². The molecule has 1 unspecified atom stereocenters. The Kier molecular flexibility index (Phi) is 5.44. The molecule has 0 radical (unpaired) electrons. The molecule has 0 spiro atoms. The van der Waals surface area contributed by atoms with Crippen molar-refractivity contribution >= 4 is 28.6 Å². The van der Waals surface area contributed by atoms with Crippen molar-refractivity contribution < 1.29 is 4.79 Å². The van der Waals surface area contributed by atoms with Crippen LogP contribution in [0.1, 0.15) is 37.8 Å². The van der Waals surface area contributed by atoms with E-state index in [1.165, 1.54) is 22.9 Å². The number of rotatable bonds is 4. The van der Waals surface area contributed by atoms with Gasteiger partial charge in [-0.2, -0.15) is 0 Å². The minimum absolute atomic E-state index is 0.250. The zero-order valence-electron chi connectivity index (χ0n) is 14.8. The summed E-state index contributed by atoms with van der Waals surface area (Å²) in [6.07, 6.45) is 3.31. The Bertz CT molecular complexity index is 744. The van der Waals surface area contributed by atoms with Crippen LogP contribution in [0.3, 0.4) is 0 Å². The van der Waals surface area contributed by atoms with Gasteiger partial charge in [0.15, 0.2) is 0 Å². The predicted molar refractivity (Wildman–Crippen MR) is 102 cm³/mol. The summed E-state index contributed by atoms with van der Waals surface area (Å²) in [5, 5.41) is 2.19. The van der Waals surface area contributed by atoms with Crippen LogP contribution in [0, 0.1) is 12.8 Å². The van der Waals surface area contributed by atoms with E-state index in [4.69, 9.17) is 4.98 Å². The van der Waals surface area contributed by atoms with Crippen LogP contribution in [-0.4, -0.2) is 34.6 Å². The lowest BCUT2D eigenvalue weighted by Crippen LogP contribution is -2.40. The van der Waals surface area contributed by atoms with E-state index in [1.807, 2.05) is 4.90 Å². The number of thioether (sulfide) groups is 1. The summed E-state index contributed by atoms with van der Waals surface area (Å²) in [5.74, 6) is 1.37. The molecule has 1 aliphatic heterocycles. The first-order valence-corrected chi connectivity index (χ1v) is 9.86. The molecule has 1 atom stereocenters. The third kappa shape index (κ3) is 3.92. The number of carbonyl (C=O) groups excluding carboxylic acids is 1. The SMILES string of the molecule is CCc1cc2ccc(C)cc2nc1SCC(=O)N1CCCC(C)C1.